The van der Waals surface area contributed by atoms with Crippen LogP contribution in [0.2, 0.25) is 0 Å². The largest absolute Gasteiger partial charge is 0.492 e. The predicted molar refractivity (Wildman–Crippen MR) is 83.4 cm³/mol. The van der Waals surface area contributed by atoms with E-state index in [0.29, 0.717) is 23.6 Å². The van der Waals surface area contributed by atoms with Gasteiger partial charge in [0.2, 0.25) is 0 Å². The van der Waals surface area contributed by atoms with Gasteiger partial charge < -0.3 is 10.1 Å². The van der Waals surface area contributed by atoms with E-state index in [4.69, 9.17) is 4.74 Å². The Hall–Kier alpha value is -2.89. The number of nitrogens with one attached hydrogen (secondary N) is 1. The summed E-state index contributed by atoms with van der Waals surface area (Å²) in [6.07, 6.45) is 0. The Morgan fingerprint density at radius 3 is 2.64 bits per heavy atom. The van der Waals surface area contributed by atoms with Gasteiger partial charge in [-0.05, 0) is 32.0 Å². The maximum atomic E-state index is 12.4. The van der Waals surface area contributed by atoms with Crippen LogP contribution in [-0.2, 0) is 0 Å². The summed E-state index contributed by atoms with van der Waals surface area (Å²) in [7, 11) is 0. The lowest BCUT2D eigenvalue weighted by atomic mass is 10.1. The van der Waals surface area contributed by atoms with Crippen LogP contribution >= 0.6 is 0 Å². The van der Waals surface area contributed by atoms with E-state index in [2.05, 4.69) is 5.32 Å². The number of rotatable bonds is 5. The first kappa shape index (κ1) is 15.5. The Morgan fingerprint density at radius 1 is 1.23 bits per heavy atom. The Labute approximate surface area is 127 Å². The molecule has 0 aliphatic heterocycles. The third-order valence-corrected chi connectivity index (χ3v) is 3.18. The Kier molecular flexibility index (Phi) is 4.73. The summed E-state index contributed by atoms with van der Waals surface area (Å²) in [6.45, 7) is 3.88. The zero-order chi connectivity index (χ0) is 16.1. The zero-order valence-electron chi connectivity index (χ0n) is 12.3. The summed E-state index contributed by atoms with van der Waals surface area (Å²) in [5.41, 5.74) is 1.05. The molecule has 0 saturated carbocycles. The molecule has 0 aliphatic rings. The number of nitro benzene ring substituents is 1. The van der Waals surface area contributed by atoms with E-state index in [-0.39, 0.29) is 11.3 Å². The van der Waals surface area contributed by atoms with Crippen LogP contribution in [0.5, 0.6) is 5.75 Å². The molecule has 0 atom stereocenters. The van der Waals surface area contributed by atoms with Gasteiger partial charge in [0.1, 0.15) is 5.75 Å². The number of carbonyl (C=O) groups excluding carboxylic acids is 1. The Morgan fingerprint density at radius 2 is 1.95 bits per heavy atom. The first-order valence-electron chi connectivity index (χ1n) is 6.81. The topological polar surface area (TPSA) is 81.5 Å². The van der Waals surface area contributed by atoms with E-state index in [1.54, 1.807) is 37.3 Å². The molecule has 6 heteroatoms. The summed E-state index contributed by atoms with van der Waals surface area (Å²) < 4.78 is 5.44. The van der Waals surface area contributed by atoms with E-state index in [0.717, 1.165) is 0 Å². The van der Waals surface area contributed by atoms with Crippen LogP contribution in [-0.4, -0.2) is 17.4 Å². The van der Waals surface area contributed by atoms with Crippen molar-refractivity contribution in [3.63, 3.8) is 0 Å². The summed E-state index contributed by atoms with van der Waals surface area (Å²) in [5, 5.41) is 13.7. The smallest absolute Gasteiger partial charge is 0.273 e. The number of hydrogen-bond acceptors (Lipinski definition) is 4. The van der Waals surface area contributed by atoms with E-state index in [1.807, 2.05) is 6.92 Å². The minimum Gasteiger partial charge on any atom is -0.492 e. The quantitative estimate of drug-likeness (QED) is 0.676. The minimum absolute atomic E-state index is 0.0780. The van der Waals surface area contributed by atoms with Crippen molar-refractivity contribution in [2.24, 2.45) is 0 Å². The van der Waals surface area contributed by atoms with Crippen molar-refractivity contribution < 1.29 is 14.5 Å². The van der Waals surface area contributed by atoms with Crippen molar-refractivity contribution in [3.05, 3.63) is 63.7 Å². The number of ether oxygens (including phenoxy) is 1. The Bertz CT molecular complexity index is 713. The highest BCUT2D eigenvalue weighted by Crippen LogP contribution is 2.26. The summed E-state index contributed by atoms with van der Waals surface area (Å²) in [5.74, 6) is 0.148. The standard InChI is InChI=1S/C16H16N2O4/c1-3-22-15-10-5-4-8-13(15)17-16(19)12-7-6-9-14(11(12)2)18(20)21/h4-10H,3H2,1-2H3,(H,17,19). The third kappa shape index (κ3) is 3.22. The number of para-hydroxylation sites is 2. The fraction of sp³-hybridized carbons (Fsp3) is 0.188. The number of nitrogens with zero attached hydrogens (tertiary/aromatic N) is 1. The first-order valence-corrected chi connectivity index (χ1v) is 6.81. The van der Waals surface area contributed by atoms with Gasteiger partial charge >= 0.3 is 0 Å². The lowest BCUT2D eigenvalue weighted by Crippen LogP contribution is -2.15. The fourth-order valence-corrected chi connectivity index (χ4v) is 2.11. The van der Waals surface area contributed by atoms with Crippen LogP contribution in [0, 0.1) is 17.0 Å². The molecule has 114 valence electrons. The highest BCUT2D eigenvalue weighted by Gasteiger charge is 2.18. The number of carbonyl (C=O) groups is 1. The molecule has 0 heterocycles. The van der Waals surface area contributed by atoms with Crippen LogP contribution in [0.3, 0.4) is 0 Å². The van der Waals surface area contributed by atoms with Gasteiger partial charge in [0, 0.05) is 17.2 Å². The minimum atomic E-state index is -0.500. The number of anilines is 1. The van der Waals surface area contributed by atoms with E-state index in [1.165, 1.54) is 12.1 Å². The lowest BCUT2D eigenvalue weighted by Gasteiger charge is -2.12. The van der Waals surface area contributed by atoms with E-state index < -0.39 is 10.8 Å². The van der Waals surface area contributed by atoms with Gasteiger partial charge in [-0.3, -0.25) is 14.9 Å². The zero-order valence-corrected chi connectivity index (χ0v) is 12.3. The monoisotopic (exact) mass is 300 g/mol. The molecular weight excluding hydrogens is 284 g/mol. The van der Waals surface area contributed by atoms with Crippen molar-refractivity contribution in [1.82, 2.24) is 0 Å². The second-order valence-corrected chi connectivity index (χ2v) is 4.59. The lowest BCUT2D eigenvalue weighted by molar-refractivity contribution is -0.385. The molecule has 1 N–H and O–H groups in total. The predicted octanol–water partition coefficient (Wildman–Crippen LogP) is 3.55. The van der Waals surface area contributed by atoms with E-state index >= 15 is 0 Å². The molecule has 1 amide bonds. The molecule has 2 aromatic carbocycles. The molecule has 2 rings (SSSR count). The van der Waals surface area contributed by atoms with Crippen LogP contribution in [0.25, 0.3) is 0 Å². The first-order chi connectivity index (χ1) is 10.5. The van der Waals surface area contributed by atoms with Crippen LogP contribution in [0.15, 0.2) is 42.5 Å². The third-order valence-electron chi connectivity index (χ3n) is 3.18. The number of hydrogen-bond donors (Lipinski definition) is 1. The maximum Gasteiger partial charge on any atom is 0.273 e. The molecule has 0 unspecified atom stereocenters. The number of nitro groups is 1. The van der Waals surface area contributed by atoms with Gasteiger partial charge in [-0.2, -0.15) is 0 Å². The molecule has 0 spiro atoms. The molecular formula is C16H16N2O4. The SMILES string of the molecule is CCOc1ccccc1NC(=O)c1cccc([N+](=O)[O-])c1C. The average Bonchev–Trinajstić information content (AvgIpc) is 2.49. The molecule has 0 saturated heterocycles. The Balaban J connectivity index is 2.31. The second kappa shape index (κ2) is 6.71. The van der Waals surface area contributed by atoms with Crippen molar-refractivity contribution in [2.75, 3.05) is 11.9 Å². The molecule has 6 nitrogen and oxygen atoms in total. The van der Waals surface area contributed by atoms with Gasteiger partial charge in [-0.1, -0.05) is 18.2 Å². The normalized spacial score (nSPS) is 10.1. The maximum absolute atomic E-state index is 12.4. The average molecular weight is 300 g/mol. The van der Waals surface area contributed by atoms with Crippen molar-refractivity contribution in [3.8, 4) is 5.75 Å². The number of benzene rings is 2. The van der Waals surface area contributed by atoms with Gasteiger partial charge in [-0.15, -0.1) is 0 Å². The fourth-order valence-electron chi connectivity index (χ4n) is 2.11. The van der Waals surface area contributed by atoms with Crippen molar-refractivity contribution >= 4 is 17.3 Å². The van der Waals surface area contributed by atoms with Crippen molar-refractivity contribution in [1.29, 1.82) is 0 Å². The molecule has 0 radical (unpaired) electrons. The molecule has 2 aromatic rings. The molecule has 0 fully saturated rings. The van der Waals surface area contributed by atoms with Crippen molar-refractivity contribution in [2.45, 2.75) is 13.8 Å². The summed E-state index contributed by atoms with van der Waals surface area (Å²) in [6, 6.07) is 11.5. The highest BCUT2D eigenvalue weighted by atomic mass is 16.6. The van der Waals surface area contributed by atoms with Gasteiger partial charge in [0.05, 0.1) is 17.2 Å². The van der Waals surface area contributed by atoms with Gasteiger partial charge in [0.15, 0.2) is 0 Å². The second-order valence-electron chi connectivity index (χ2n) is 4.59. The molecule has 0 bridgehead atoms. The highest BCUT2D eigenvalue weighted by molar-refractivity contribution is 6.06. The van der Waals surface area contributed by atoms with Crippen LogP contribution in [0.4, 0.5) is 11.4 Å². The van der Waals surface area contributed by atoms with Gasteiger partial charge in [0.25, 0.3) is 11.6 Å². The van der Waals surface area contributed by atoms with Crippen LogP contribution in [0.1, 0.15) is 22.8 Å². The number of amides is 1. The molecule has 22 heavy (non-hydrogen) atoms. The van der Waals surface area contributed by atoms with Crippen LogP contribution < -0.4 is 10.1 Å². The molecule has 0 aromatic heterocycles. The summed E-state index contributed by atoms with van der Waals surface area (Å²) in [4.78, 5) is 22.8. The molecule has 0 aliphatic carbocycles. The van der Waals surface area contributed by atoms with E-state index in [9.17, 15) is 14.9 Å². The summed E-state index contributed by atoms with van der Waals surface area (Å²) >= 11 is 0. The van der Waals surface area contributed by atoms with Gasteiger partial charge in [-0.25, -0.2) is 0 Å².